The highest BCUT2D eigenvalue weighted by Crippen LogP contribution is 2.62. The van der Waals surface area contributed by atoms with Crippen molar-refractivity contribution < 1.29 is 50.5 Å². The Kier molecular flexibility index (Phi) is 7.54. The molecule has 6 rings (SSSR count). The molecule has 2 saturated carbocycles. The van der Waals surface area contributed by atoms with Crippen LogP contribution in [0.3, 0.4) is 0 Å². The monoisotopic (exact) mass is 621 g/mol. The zero-order valence-corrected chi connectivity index (χ0v) is 23.8. The second-order valence-corrected chi connectivity index (χ2v) is 12.0. The lowest BCUT2D eigenvalue weighted by molar-refractivity contribution is -0.145. The average Bonchev–Trinajstić information content (AvgIpc) is 3.51. The molecule has 0 spiro atoms. The lowest BCUT2D eigenvalue weighted by atomic mass is 9.73. The van der Waals surface area contributed by atoms with E-state index in [0.717, 1.165) is 17.2 Å². The van der Waals surface area contributed by atoms with Crippen LogP contribution in [0, 0.1) is 35.2 Å². The summed E-state index contributed by atoms with van der Waals surface area (Å²) in [5.74, 6) is -4.70. The third-order valence-electron chi connectivity index (χ3n) is 8.64. The second-order valence-electron chi connectivity index (χ2n) is 12.0. The molecule has 3 atom stereocenters. The Morgan fingerprint density at radius 3 is 2.39 bits per heavy atom. The van der Waals surface area contributed by atoms with E-state index < -0.39 is 58.3 Å². The van der Waals surface area contributed by atoms with Crippen molar-refractivity contribution in [2.45, 2.75) is 57.4 Å². The van der Waals surface area contributed by atoms with E-state index >= 15 is 0 Å². The van der Waals surface area contributed by atoms with Crippen molar-refractivity contribution in [3.8, 4) is 22.8 Å². The molecular formula is C32H29F6NO5. The summed E-state index contributed by atoms with van der Waals surface area (Å²) in [6.07, 6.45) is -2.06. The Morgan fingerprint density at radius 1 is 1.05 bits per heavy atom. The van der Waals surface area contributed by atoms with Gasteiger partial charge in [-0.1, -0.05) is 0 Å². The fourth-order valence-corrected chi connectivity index (χ4v) is 6.62. The molecule has 1 aromatic heterocycles. The average molecular weight is 622 g/mol. The van der Waals surface area contributed by atoms with Gasteiger partial charge in [-0.05, 0) is 91.5 Å². The van der Waals surface area contributed by atoms with Gasteiger partial charge in [-0.25, -0.2) is 18.2 Å². The summed E-state index contributed by atoms with van der Waals surface area (Å²) >= 11 is 0. The molecule has 2 fully saturated rings. The fraction of sp³-hybridized carbons (Fsp3) is 0.438. The predicted molar refractivity (Wildman–Crippen MR) is 144 cm³/mol. The lowest BCUT2D eigenvalue weighted by Crippen LogP contribution is -2.43. The van der Waals surface area contributed by atoms with Crippen LogP contribution in [0.1, 0.15) is 54.9 Å². The van der Waals surface area contributed by atoms with Gasteiger partial charge in [0, 0.05) is 23.7 Å². The number of hydrogen-bond acceptors (Lipinski definition) is 6. The molecule has 2 aromatic carbocycles. The summed E-state index contributed by atoms with van der Waals surface area (Å²) in [4.78, 5) is 16.3. The first-order valence-electron chi connectivity index (χ1n) is 14.3. The van der Waals surface area contributed by atoms with Gasteiger partial charge in [-0.3, -0.25) is 4.79 Å². The molecule has 0 amide bonds. The van der Waals surface area contributed by atoms with E-state index in [1.165, 1.54) is 0 Å². The Labute approximate surface area is 249 Å². The SMILES string of the molecule is CCOC(=O)[C@H]1[C@@H]2Cc3cc(OCc4cc(-c5cc(F)c(OC[C@H]6C[C@@](C)(O)C6)c(F)c5)c(C(F)(F)F)cc4F)ncc3[C@@H]21. The van der Waals surface area contributed by atoms with Gasteiger partial charge in [-0.15, -0.1) is 0 Å². The van der Waals surface area contributed by atoms with E-state index in [2.05, 4.69) is 4.98 Å². The minimum absolute atomic E-state index is 0.0210. The van der Waals surface area contributed by atoms with Crippen LogP contribution in [-0.4, -0.2) is 34.9 Å². The smallest absolute Gasteiger partial charge is 0.417 e. The number of aliphatic hydroxyl groups is 1. The standard InChI is InChI=1S/C32H29F6NO5/c1-3-42-30(40)28-20-4-16-8-26(39-12-21(16)27(20)28)43-14-18-5-19(22(9-23(18)33)32(36,37)38)17-6-24(34)29(25(35)7-17)44-13-15-10-31(2,41)11-15/h5-9,12,15,20,27-28,41H,3-4,10-11,13-14H2,1-2H3/t15-,20-,27-,28+,31+/m1/s1. The third kappa shape index (κ3) is 5.71. The molecule has 12 heteroatoms. The number of ether oxygens (including phenoxy) is 3. The summed E-state index contributed by atoms with van der Waals surface area (Å²) in [5, 5.41) is 9.83. The predicted octanol–water partition coefficient (Wildman–Crippen LogP) is 6.75. The normalized spacial score (nSPS) is 25.1. The van der Waals surface area contributed by atoms with Crippen LogP contribution < -0.4 is 9.47 Å². The number of benzene rings is 2. The van der Waals surface area contributed by atoms with Crippen molar-refractivity contribution in [3.05, 3.63) is 76.2 Å². The van der Waals surface area contributed by atoms with Gasteiger partial charge < -0.3 is 19.3 Å². The Balaban J connectivity index is 1.20. The highest BCUT2D eigenvalue weighted by Gasteiger charge is 2.60. The first-order valence-corrected chi connectivity index (χ1v) is 14.3. The summed E-state index contributed by atoms with van der Waals surface area (Å²) in [7, 11) is 0. The van der Waals surface area contributed by atoms with E-state index in [1.54, 1.807) is 26.1 Å². The molecule has 6 nitrogen and oxygen atoms in total. The second kappa shape index (κ2) is 11.0. The number of hydrogen-bond donors (Lipinski definition) is 1. The van der Waals surface area contributed by atoms with E-state index in [4.69, 9.17) is 14.2 Å². The van der Waals surface area contributed by atoms with Gasteiger partial charge in [0.15, 0.2) is 17.4 Å². The molecule has 0 saturated heterocycles. The molecule has 0 unspecified atom stereocenters. The van der Waals surface area contributed by atoms with Crippen LogP contribution in [0.2, 0.25) is 0 Å². The molecule has 3 aliphatic carbocycles. The number of aromatic nitrogens is 1. The topological polar surface area (TPSA) is 77.9 Å². The van der Waals surface area contributed by atoms with Crippen molar-refractivity contribution in [1.29, 1.82) is 0 Å². The zero-order valence-electron chi connectivity index (χ0n) is 23.8. The van der Waals surface area contributed by atoms with Gasteiger partial charge in [0.05, 0.1) is 30.3 Å². The van der Waals surface area contributed by atoms with Gasteiger partial charge in [0.25, 0.3) is 0 Å². The molecule has 1 N–H and O–H groups in total. The number of pyridine rings is 1. The summed E-state index contributed by atoms with van der Waals surface area (Å²) in [5.41, 5.74) is -1.83. The number of carbonyl (C=O) groups excluding carboxylic acids is 1. The molecular weight excluding hydrogens is 592 g/mol. The maximum Gasteiger partial charge on any atom is 0.417 e. The van der Waals surface area contributed by atoms with E-state index in [1.807, 2.05) is 0 Å². The van der Waals surface area contributed by atoms with Crippen molar-refractivity contribution in [1.82, 2.24) is 4.98 Å². The number of halogens is 6. The highest BCUT2D eigenvalue weighted by atomic mass is 19.4. The molecule has 0 bridgehead atoms. The number of alkyl halides is 3. The van der Waals surface area contributed by atoms with Gasteiger partial charge in [-0.2, -0.15) is 13.2 Å². The highest BCUT2D eigenvalue weighted by molar-refractivity contribution is 5.79. The Bertz CT molecular complexity index is 1590. The maximum atomic E-state index is 14.9. The summed E-state index contributed by atoms with van der Waals surface area (Å²) < 4.78 is 102. The number of carbonyl (C=O) groups is 1. The Hall–Kier alpha value is -3.80. The number of esters is 1. The summed E-state index contributed by atoms with van der Waals surface area (Å²) in [6, 6.07) is 4.20. The molecule has 1 heterocycles. The first kappa shape index (κ1) is 30.2. The van der Waals surface area contributed by atoms with Crippen molar-refractivity contribution in [2.24, 2.45) is 17.8 Å². The molecule has 3 aliphatic rings. The molecule has 44 heavy (non-hydrogen) atoms. The van der Waals surface area contributed by atoms with Crippen molar-refractivity contribution in [2.75, 3.05) is 13.2 Å². The molecule has 234 valence electrons. The van der Waals surface area contributed by atoms with E-state index in [-0.39, 0.29) is 53.8 Å². The van der Waals surface area contributed by atoms with Crippen LogP contribution in [0.4, 0.5) is 26.3 Å². The molecule has 0 radical (unpaired) electrons. The lowest BCUT2D eigenvalue weighted by Gasteiger charge is -2.40. The number of fused-ring (bicyclic) bond motifs is 3. The van der Waals surface area contributed by atoms with Gasteiger partial charge in [0.2, 0.25) is 5.88 Å². The quantitative estimate of drug-likeness (QED) is 0.210. The van der Waals surface area contributed by atoms with Crippen LogP contribution in [0.25, 0.3) is 11.1 Å². The van der Waals surface area contributed by atoms with Crippen LogP contribution in [-0.2, 0) is 28.7 Å². The molecule has 3 aromatic rings. The minimum atomic E-state index is -5.03. The number of rotatable bonds is 9. The van der Waals surface area contributed by atoms with Crippen molar-refractivity contribution in [3.63, 3.8) is 0 Å². The fourth-order valence-electron chi connectivity index (χ4n) is 6.62. The largest absolute Gasteiger partial charge is 0.487 e. The Morgan fingerprint density at radius 2 is 1.75 bits per heavy atom. The van der Waals surface area contributed by atoms with Crippen molar-refractivity contribution >= 4 is 5.97 Å². The first-order chi connectivity index (χ1) is 20.8. The van der Waals surface area contributed by atoms with Crippen LogP contribution in [0.15, 0.2) is 36.5 Å². The van der Waals surface area contributed by atoms with Gasteiger partial charge in [0.1, 0.15) is 12.4 Å². The van der Waals surface area contributed by atoms with Crippen LogP contribution >= 0.6 is 0 Å². The summed E-state index contributed by atoms with van der Waals surface area (Å²) in [6.45, 7) is 3.10. The van der Waals surface area contributed by atoms with E-state index in [9.17, 15) is 36.2 Å². The molecule has 0 aliphatic heterocycles. The number of nitrogens with zero attached hydrogens (tertiary/aromatic N) is 1. The van der Waals surface area contributed by atoms with Gasteiger partial charge >= 0.3 is 12.1 Å². The third-order valence-corrected chi connectivity index (χ3v) is 8.64. The maximum absolute atomic E-state index is 14.9. The van der Waals surface area contributed by atoms with Crippen LogP contribution in [0.5, 0.6) is 11.6 Å². The minimum Gasteiger partial charge on any atom is -0.487 e. The zero-order chi connectivity index (χ0) is 31.6. The van der Waals surface area contributed by atoms with E-state index in [0.29, 0.717) is 38.0 Å².